The summed E-state index contributed by atoms with van der Waals surface area (Å²) in [6.07, 6.45) is 3.17. The number of rotatable bonds is 3. The van der Waals surface area contributed by atoms with Gasteiger partial charge in [-0.25, -0.2) is 14.4 Å². The number of halogens is 2. The van der Waals surface area contributed by atoms with Gasteiger partial charge in [0.15, 0.2) is 5.65 Å². The van der Waals surface area contributed by atoms with Crippen molar-refractivity contribution in [1.82, 2.24) is 19.7 Å². The van der Waals surface area contributed by atoms with E-state index in [0.717, 1.165) is 11.0 Å². The summed E-state index contributed by atoms with van der Waals surface area (Å²) >= 11 is 6.07. The van der Waals surface area contributed by atoms with E-state index in [2.05, 4.69) is 15.1 Å². The predicted molar refractivity (Wildman–Crippen MR) is 79.8 cm³/mol. The fourth-order valence-corrected chi connectivity index (χ4v) is 2.47. The van der Waals surface area contributed by atoms with Gasteiger partial charge in [0, 0.05) is 31.2 Å². The number of aryl methyl sites for hydroxylation is 1. The Morgan fingerprint density at radius 1 is 1.33 bits per heavy atom. The number of nitrogens with zero attached hydrogens (tertiary/aromatic N) is 5. The highest BCUT2D eigenvalue weighted by atomic mass is 35.5. The lowest BCUT2D eigenvalue weighted by atomic mass is 10.2. The van der Waals surface area contributed by atoms with Crippen LogP contribution in [0.5, 0.6) is 0 Å². The second-order valence-corrected chi connectivity index (χ2v) is 5.17. The first-order valence-corrected chi connectivity index (χ1v) is 6.72. The molecule has 3 aromatic rings. The second-order valence-electron chi connectivity index (χ2n) is 4.76. The Labute approximate surface area is 126 Å². The number of benzene rings is 1. The molecule has 0 amide bonds. The molecule has 0 bridgehead atoms. The molecule has 1 aromatic carbocycles. The molecule has 21 heavy (non-hydrogen) atoms. The van der Waals surface area contributed by atoms with Crippen molar-refractivity contribution in [3.8, 4) is 0 Å². The first-order chi connectivity index (χ1) is 10.1. The number of aromatic nitrogens is 4. The summed E-state index contributed by atoms with van der Waals surface area (Å²) in [7, 11) is 3.64. The van der Waals surface area contributed by atoms with Gasteiger partial charge in [0.05, 0.1) is 11.6 Å². The Hall–Kier alpha value is -2.21. The van der Waals surface area contributed by atoms with Crippen molar-refractivity contribution >= 4 is 28.5 Å². The van der Waals surface area contributed by atoms with E-state index in [4.69, 9.17) is 11.6 Å². The largest absolute Gasteiger partial charge is 0.354 e. The molecular weight excluding hydrogens is 293 g/mol. The maximum Gasteiger partial charge on any atom is 0.163 e. The quantitative estimate of drug-likeness (QED) is 0.746. The SMILES string of the molecule is CN(Cc1c(F)cccc1Cl)c1ncnc2c1cnn2C. The number of hydrogen-bond acceptors (Lipinski definition) is 4. The highest BCUT2D eigenvalue weighted by Crippen LogP contribution is 2.25. The van der Waals surface area contributed by atoms with Gasteiger partial charge in [-0.1, -0.05) is 17.7 Å². The standard InChI is InChI=1S/C14H13ClFN5/c1-20(7-10-11(15)4-3-5-12(10)16)13-9-6-19-21(2)14(9)18-8-17-13/h3-6,8H,7H2,1-2H3. The molecule has 3 rings (SSSR count). The van der Waals surface area contributed by atoms with E-state index in [9.17, 15) is 4.39 Å². The Morgan fingerprint density at radius 3 is 2.90 bits per heavy atom. The highest BCUT2D eigenvalue weighted by Gasteiger charge is 2.15. The number of hydrogen-bond donors (Lipinski definition) is 0. The molecule has 0 saturated carbocycles. The Kier molecular flexibility index (Phi) is 3.47. The minimum absolute atomic E-state index is 0.312. The lowest BCUT2D eigenvalue weighted by Crippen LogP contribution is -2.19. The van der Waals surface area contributed by atoms with Crippen LogP contribution in [0, 0.1) is 5.82 Å². The van der Waals surface area contributed by atoms with Crippen LogP contribution < -0.4 is 4.90 Å². The van der Waals surface area contributed by atoms with Gasteiger partial charge in [-0.05, 0) is 12.1 Å². The van der Waals surface area contributed by atoms with Crippen LogP contribution in [0.25, 0.3) is 11.0 Å². The predicted octanol–water partition coefficient (Wildman–Crippen LogP) is 2.79. The molecule has 0 aliphatic rings. The van der Waals surface area contributed by atoms with Crippen molar-refractivity contribution in [1.29, 1.82) is 0 Å². The maximum atomic E-state index is 13.9. The zero-order valence-corrected chi connectivity index (χ0v) is 12.3. The molecule has 0 aliphatic heterocycles. The van der Waals surface area contributed by atoms with E-state index in [-0.39, 0.29) is 5.82 Å². The summed E-state index contributed by atoms with van der Waals surface area (Å²) < 4.78 is 15.6. The topological polar surface area (TPSA) is 46.8 Å². The fraction of sp³-hybridized carbons (Fsp3) is 0.214. The normalized spacial score (nSPS) is 11.0. The van der Waals surface area contributed by atoms with Gasteiger partial charge < -0.3 is 4.90 Å². The molecule has 5 nitrogen and oxygen atoms in total. The Bertz CT molecular complexity index is 781. The van der Waals surface area contributed by atoms with Crippen molar-refractivity contribution in [3.05, 3.63) is 47.1 Å². The van der Waals surface area contributed by atoms with Crippen LogP contribution in [0.4, 0.5) is 10.2 Å². The van der Waals surface area contributed by atoms with Gasteiger partial charge in [0.1, 0.15) is 18.0 Å². The van der Waals surface area contributed by atoms with Crippen molar-refractivity contribution < 1.29 is 4.39 Å². The van der Waals surface area contributed by atoms with Gasteiger partial charge >= 0.3 is 0 Å². The monoisotopic (exact) mass is 305 g/mol. The van der Waals surface area contributed by atoms with Crippen LogP contribution >= 0.6 is 11.6 Å². The molecule has 0 atom stereocenters. The first kappa shape index (κ1) is 13.8. The first-order valence-electron chi connectivity index (χ1n) is 6.34. The maximum absolute atomic E-state index is 13.9. The van der Waals surface area contributed by atoms with Crippen LogP contribution in [0.2, 0.25) is 5.02 Å². The summed E-state index contributed by atoms with van der Waals surface area (Å²) in [5, 5.41) is 5.38. The summed E-state index contributed by atoms with van der Waals surface area (Å²) in [6, 6.07) is 4.66. The third kappa shape index (κ3) is 2.42. The average Bonchev–Trinajstić information content (AvgIpc) is 2.85. The Balaban J connectivity index is 1.99. The van der Waals surface area contributed by atoms with Gasteiger partial charge in [-0.2, -0.15) is 5.10 Å². The molecule has 0 radical (unpaired) electrons. The molecular formula is C14H13ClFN5. The Morgan fingerprint density at radius 2 is 2.14 bits per heavy atom. The molecule has 108 valence electrons. The minimum atomic E-state index is -0.328. The smallest absolute Gasteiger partial charge is 0.163 e. The fourth-order valence-electron chi connectivity index (χ4n) is 2.25. The second kappa shape index (κ2) is 5.29. The van der Waals surface area contributed by atoms with Crippen molar-refractivity contribution in [3.63, 3.8) is 0 Å². The van der Waals surface area contributed by atoms with Gasteiger partial charge in [0.25, 0.3) is 0 Å². The molecule has 2 aromatic heterocycles. The third-order valence-electron chi connectivity index (χ3n) is 3.33. The van der Waals surface area contributed by atoms with E-state index >= 15 is 0 Å². The van der Waals surface area contributed by atoms with Crippen LogP contribution in [0.15, 0.2) is 30.7 Å². The lowest BCUT2D eigenvalue weighted by molar-refractivity contribution is 0.607. The van der Waals surface area contributed by atoms with E-state index < -0.39 is 0 Å². The van der Waals surface area contributed by atoms with Crippen molar-refractivity contribution in [2.24, 2.45) is 7.05 Å². The summed E-state index contributed by atoms with van der Waals surface area (Å²) in [4.78, 5) is 10.3. The molecule has 0 unspecified atom stereocenters. The molecule has 0 N–H and O–H groups in total. The molecule has 0 spiro atoms. The van der Waals surface area contributed by atoms with Crippen molar-refractivity contribution in [2.45, 2.75) is 6.54 Å². The average molecular weight is 306 g/mol. The summed E-state index contributed by atoms with van der Waals surface area (Å²) in [6.45, 7) is 0.312. The molecule has 0 fully saturated rings. The summed E-state index contributed by atoms with van der Waals surface area (Å²) in [5.74, 6) is 0.359. The van der Waals surface area contributed by atoms with E-state index in [1.165, 1.54) is 12.4 Å². The number of anilines is 1. The zero-order chi connectivity index (χ0) is 15.0. The van der Waals surface area contributed by atoms with Crippen molar-refractivity contribution in [2.75, 3.05) is 11.9 Å². The summed E-state index contributed by atoms with van der Waals surface area (Å²) in [5.41, 5.74) is 1.17. The van der Waals surface area contributed by atoms with Crippen LogP contribution in [-0.2, 0) is 13.6 Å². The highest BCUT2D eigenvalue weighted by molar-refractivity contribution is 6.31. The van der Waals surface area contributed by atoms with Gasteiger partial charge in [0.2, 0.25) is 0 Å². The molecule has 2 heterocycles. The van der Waals surface area contributed by atoms with Crippen LogP contribution in [0.3, 0.4) is 0 Å². The molecule has 0 saturated heterocycles. The van der Waals surface area contributed by atoms with Crippen LogP contribution in [-0.4, -0.2) is 26.8 Å². The zero-order valence-electron chi connectivity index (χ0n) is 11.6. The van der Waals surface area contributed by atoms with Crippen LogP contribution in [0.1, 0.15) is 5.56 Å². The lowest BCUT2D eigenvalue weighted by Gasteiger charge is -2.19. The third-order valence-corrected chi connectivity index (χ3v) is 3.68. The number of fused-ring (bicyclic) bond motifs is 1. The van der Waals surface area contributed by atoms with E-state index in [1.54, 1.807) is 23.0 Å². The molecule has 7 heteroatoms. The van der Waals surface area contributed by atoms with E-state index in [0.29, 0.717) is 22.9 Å². The minimum Gasteiger partial charge on any atom is -0.354 e. The van der Waals surface area contributed by atoms with Gasteiger partial charge in [-0.15, -0.1) is 0 Å². The van der Waals surface area contributed by atoms with Gasteiger partial charge in [-0.3, -0.25) is 4.68 Å². The molecule has 0 aliphatic carbocycles. The van der Waals surface area contributed by atoms with E-state index in [1.807, 2.05) is 19.0 Å².